The first-order valence-electron chi connectivity index (χ1n) is 8.15. The van der Waals surface area contributed by atoms with E-state index in [1.165, 1.54) is 12.8 Å². The molecule has 1 aliphatic rings. The van der Waals surface area contributed by atoms with Gasteiger partial charge in [-0.1, -0.05) is 12.8 Å². The Morgan fingerprint density at radius 1 is 1.18 bits per heavy atom. The van der Waals surface area contributed by atoms with Crippen LogP contribution in [0.1, 0.15) is 46.5 Å². The van der Waals surface area contributed by atoms with Gasteiger partial charge in [0.2, 0.25) is 5.91 Å². The molecule has 1 aromatic carbocycles. The van der Waals surface area contributed by atoms with Crippen molar-refractivity contribution in [1.29, 1.82) is 0 Å². The molecule has 1 aliphatic carbocycles. The van der Waals surface area contributed by atoms with Crippen molar-refractivity contribution < 1.29 is 9.53 Å². The summed E-state index contributed by atoms with van der Waals surface area (Å²) in [6.45, 7) is 6.27. The minimum absolute atomic E-state index is 0.0589. The molecular weight excluding hydrogens is 294 g/mol. The van der Waals surface area contributed by atoms with E-state index in [1.807, 2.05) is 31.2 Å². The smallest absolute Gasteiger partial charge is 0.236 e. The number of carbonyl (C=O) groups is 1. The van der Waals surface area contributed by atoms with Gasteiger partial charge in [0, 0.05) is 17.0 Å². The molecule has 1 unspecified atom stereocenters. The SMILES string of the molecule is COc1ccc(SC(C)C(=O)N(C(C)C)C2CCCC2)cc1. The number of nitrogens with zero attached hydrogens (tertiary/aromatic N) is 1. The molecule has 0 N–H and O–H groups in total. The molecule has 3 nitrogen and oxygen atoms in total. The van der Waals surface area contributed by atoms with E-state index < -0.39 is 0 Å². The summed E-state index contributed by atoms with van der Waals surface area (Å²) in [4.78, 5) is 16.1. The quantitative estimate of drug-likeness (QED) is 0.729. The summed E-state index contributed by atoms with van der Waals surface area (Å²) >= 11 is 1.63. The van der Waals surface area contributed by atoms with Gasteiger partial charge in [-0.3, -0.25) is 4.79 Å². The summed E-state index contributed by atoms with van der Waals surface area (Å²) in [6, 6.07) is 8.62. The van der Waals surface area contributed by atoms with Crippen LogP contribution in [0, 0.1) is 0 Å². The lowest BCUT2D eigenvalue weighted by Crippen LogP contribution is -2.47. The van der Waals surface area contributed by atoms with Gasteiger partial charge < -0.3 is 9.64 Å². The maximum atomic E-state index is 12.9. The molecule has 0 saturated heterocycles. The Labute approximate surface area is 138 Å². The zero-order chi connectivity index (χ0) is 16.1. The first kappa shape index (κ1) is 17.2. The number of hydrogen-bond donors (Lipinski definition) is 0. The second-order valence-corrected chi connectivity index (χ2v) is 7.63. The molecule has 22 heavy (non-hydrogen) atoms. The van der Waals surface area contributed by atoms with Gasteiger partial charge in [0.05, 0.1) is 12.4 Å². The molecular formula is C18H27NO2S. The maximum absolute atomic E-state index is 12.9. The molecule has 4 heteroatoms. The van der Waals surface area contributed by atoms with E-state index in [0.29, 0.717) is 6.04 Å². The van der Waals surface area contributed by atoms with Crippen molar-refractivity contribution in [3.05, 3.63) is 24.3 Å². The highest BCUT2D eigenvalue weighted by atomic mass is 32.2. The van der Waals surface area contributed by atoms with Crippen molar-refractivity contribution in [3.8, 4) is 5.75 Å². The van der Waals surface area contributed by atoms with E-state index in [0.717, 1.165) is 23.5 Å². The minimum Gasteiger partial charge on any atom is -0.497 e. The van der Waals surface area contributed by atoms with Gasteiger partial charge >= 0.3 is 0 Å². The predicted octanol–water partition coefficient (Wildman–Crippen LogP) is 4.36. The molecule has 122 valence electrons. The van der Waals surface area contributed by atoms with E-state index in [4.69, 9.17) is 4.74 Å². The molecule has 0 spiro atoms. The molecule has 0 bridgehead atoms. The van der Waals surface area contributed by atoms with Crippen LogP contribution >= 0.6 is 11.8 Å². The van der Waals surface area contributed by atoms with Crippen LogP contribution in [-0.4, -0.2) is 35.3 Å². The Morgan fingerprint density at radius 2 is 1.77 bits per heavy atom. The number of methoxy groups -OCH3 is 1. The monoisotopic (exact) mass is 321 g/mol. The lowest BCUT2D eigenvalue weighted by molar-refractivity contribution is -0.134. The Hall–Kier alpha value is -1.16. The van der Waals surface area contributed by atoms with Crippen LogP contribution in [0.4, 0.5) is 0 Å². The molecule has 1 atom stereocenters. The molecule has 1 fully saturated rings. The number of ether oxygens (including phenoxy) is 1. The van der Waals surface area contributed by atoms with Gasteiger partial charge in [0.25, 0.3) is 0 Å². The van der Waals surface area contributed by atoms with Crippen molar-refractivity contribution in [2.24, 2.45) is 0 Å². The molecule has 0 radical (unpaired) electrons. The summed E-state index contributed by atoms with van der Waals surface area (Å²) < 4.78 is 5.17. The molecule has 0 aliphatic heterocycles. The molecule has 1 saturated carbocycles. The van der Waals surface area contributed by atoms with E-state index in [-0.39, 0.29) is 17.2 Å². The average Bonchev–Trinajstić information content (AvgIpc) is 3.01. The Bertz CT molecular complexity index is 480. The summed E-state index contributed by atoms with van der Waals surface area (Å²) in [5, 5.41) is -0.0589. The lowest BCUT2D eigenvalue weighted by Gasteiger charge is -2.34. The van der Waals surface area contributed by atoms with E-state index >= 15 is 0 Å². The van der Waals surface area contributed by atoms with E-state index in [2.05, 4.69) is 18.7 Å². The van der Waals surface area contributed by atoms with E-state index in [9.17, 15) is 4.79 Å². The fourth-order valence-corrected chi connectivity index (χ4v) is 4.08. The molecule has 2 rings (SSSR count). The fraction of sp³-hybridized carbons (Fsp3) is 0.611. The number of rotatable bonds is 6. The maximum Gasteiger partial charge on any atom is 0.236 e. The number of carbonyl (C=O) groups excluding carboxylic acids is 1. The van der Waals surface area contributed by atoms with Gasteiger partial charge in [-0.2, -0.15) is 0 Å². The summed E-state index contributed by atoms with van der Waals surface area (Å²) in [6.07, 6.45) is 4.82. The number of benzene rings is 1. The van der Waals surface area contributed by atoms with Crippen LogP contribution in [0.15, 0.2) is 29.2 Å². The lowest BCUT2D eigenvalue weighted by atomic mass is 10.1. The van der Waals surface area contributed by atoms with Crippen LogP contribution in [0.5, 0.6) is 5.75 Å². The van der Waals surface area contributed by atoms with Crippen molar-refractivity contribution in [3.63, 3.8) is 0 Å². The van der Waals surface area contributed by atoms with Crippen LogP contribution in [-0.2, 0) is 4.79 Å². The van der Waals surface area contributed by atoms with Crippen molar-refractivity contribution >= 4 is 17.7 Å². The van der Waals surface area contributed by atoms with Gasteiger partial charge in [-0.25, -0.2) is 0 Å². The van der Waals surface area contributed by atoms with Gasteiger partial charge in [0.1, 0.15) is 5.75 Å². The number of amides is 1. The third kappa shape index (κ3) is 4.19. The van der Waals surface area contributed by atoms with Crippen molar-refractivity contribution in [2.45, 2.75) is 68.7 Å². The van der Waals surface area contributed by atoms with Gasteiger partial charge in [0.15, 0.2) is 0 Å². The van der Waals surface area contributed by atoms with Crippen LogP contribution in [0.3, 0.4) is 0 Å². The second kappa shape index (κ2) is 7.91. The molecule has 0 aromatic heterocycles. The topological polar surface area (TPSA) is 29.5 Å². The van der Waals surface area contributed by atoms with Crippen LogP contribution < -0.4 is 4.74 Å². The average molecular weight is 321 g/mol. The summed E-state index contributed by atoms with van der Waals surface area (Å²) in [7, 11) is 1.66. The first-order valence-corrected chi connectivity index (χ1v) is 9.03. The highest BCUT2D eigenvalue weighted by Gasteiger charge is 2.31. The molecule has 1 amide bonds. The Balaban J connectivity index is 2.02. The third-order valence-electron chi connectivity index (χ3n) is 4.25. The first-order chi connectivity index (χ1) is 10.5. The highest BCUT2D eigenvalue weighted by Crippen LogP contribution is 2.30. The fourth-order valence-electron chi connectivity index (χ4n) is 3.16. The molecule has 1 aromatic rings. The van der Waals surface area contributed by atoms with Crippen molar-refractivity contribution in [1.82, 2.24) is 4.90 Å². The standard InChI is InChI=1S/C18H27NO2S/c1-13(2)19(15-7-5-6-8-15)18(20)14(3)22-17-11-9-16(21-4)10-12-17/h9-15H,5-8H2,1-4H3. The molecule has 0 heterocycles. The van der Waals surface area contributed by atoms with Gasteiger partial charge in [-0.15, -0.1) is 11.8 Å². The predicted molar refractivity (Wildman–Crippen MR) is 92.6 cm³/mol. The third-order valence-corrected chi connectivity index (χ3v) is 5.35. The summed E-state index contributed by atoms with van der Waals surface area (Å²) in [5.41, 5.74) is 0. The van der Waals surface area contributed by atoms with Crippen LogP contribution in [0.25, 0.3) is 0 Å². The summed E-state index contributed by atoms with van der Waals surface area (Å²) in [5.74, 6) is 1.11. The minimum atomic E-state index is -0.0589. The van der Waals surface area contributed by atoms with Gasteiger partial charge in [-0.05, 0) is 57.9 Å². The van der Waals surface area contributed by atoms with Crippen molar-refractivity contribution in [2.75, 3.05) is 7.11 Å². The number of thioether (sulfide) groups is 1. The zero-order valence-electron chi connectivity index (χ0n) is 14.0. The Morgan fingerprint density at radius 3 is 2.27 bits per heavy atom. The van der Waals surface area contributed by atoms with E-state index in [1.54, 1.807) is 18.9 Å². The number of hydrogen-bond acceptors (Lipinski definition) is 3. The second-order valence-electron chi connectivity index (χ2n) is 6.21. The van der Waals surface area contributed by atoms with Crippen LogP contribution in [0.2, 0.25) is 0 Å². The zero-order valence-corrected chi connectivity index (χ0v) is 14.9. The highest BCUT2D eigenvalue weighted by molar-refractivity contribution is 8.00. The normalized spacial score (nSPS) is 16.8. The largest absolute Gasteiger partial charge is 0.497 e. The Kier molecular flexibility index (Phi) is 6.18.